The summed E-state index contributed by atoms with van der Waals surface area (Å²) in [4.78, 5) is 20.5. The van der Waals surface area contributed by atoms with E-state index < -0.39 is 0 Å². The Kier molecular flexibility index (Phi) is 6.59. The molecule has 4 nitrogen and oxygen atoms in total. The number of benzene rings is 1. The molecule has 1 aromatic heterocycles. The number of rotatable bonds is 4. The molecular formula is C15H20IN3OSe. The largest absolute Gasteiger partial charge is 1.00 e. The van der Waals surface area contributed by atoms with Crippen LogP contribution in [0.3, 0.4) is 0 Å². The van der Waals surface area contributed by atoms with Crippen molar-refractivity contribution in [2.45, 2.75) is 13.5 Å². The van der Waals surface area contributed by atoms with E-state index >= 15 is 0 Å². The summed E-state index contributed by atoms with van der Waals surface area (Å²) in [5, 5.41) is 0. The van der Waals surface area contributed by atoms with Crippen molar-refractivity contribution in [2.24, 2.45) is 0 Å². The van der Waals surface area contributed by atoms with Gasteiger partial charge < -0.3 is 24.0 Å². The van der Waals surface area contributed by atoms with Gasteiger partial charge in [0.2, 0.25) is 0 Å². The van der Waals surface area contributed by atoms with Crippen LogP contribution < -0.4 is 28.9 Å². The molecule has 0 saturated carbocycles. The third-order valence-corrected chi connectivity index (χ3v) is 4.53. The first-order chi connectivity index (χ1) is 9.37. The van der Waals surface area contributed by atoms with E-state index in [9.17, 15) is 4.79 Å². The fourth-order valence-corrected chi connectivity index (χ4v) is 3.80. The molecule has 0 radical (unpaired) electrons. The van der Waals surface area contributed by atoms with Crippen LogP contribution in [0.25, 0.3) is 0 Å². The molecule has 0 aliphatic carbocycles. The van der Waals surface area contributed by atoms with E-state index in [0.717, 1.165) is 27.1 Å². The van der Waals surface area contributed by atoms with Gasteiger partial charge in [0.15, 0.2) is 0 Å². The van der Waals surface area contributed by atoms with Gasteiger partial charge in [-0.3, -0.25) is 0 Å². The molecular weight excluding hydrogens is 444 g/mol. The van der Waals surface area contributed by atoms with Crippen LogP contribution in [-0.2, 0) is 11.3 Å². The number of halogens is 1. The van der Waals surface area contributed by atoms with E-state index in [1.807, 2.05) is 30.3 Å². The summed E-state index contributed by atoms with van der Waals surface area (Å²) in [6, 6.07) is 9.71. The zero-order valence-electron chi connectivity index (χ0n) is 12.7. The minimum Gasteiger partial charge on any atom is -1.00 e. The third kappa shape index (κ3) is 5.21. The molecule has 2 aromatic rings. The number of para-hydroxylation sites is 1. The molecule has 1 amide bonds. The zero-order chi connectivity index (χ0) is 14.8. The molecule has 114 valence electrons. The SMILES string of the molecule is CC(=O)N(c1ccccc1)c1nc(C[N+](C)(C)C)c[se]1.[I-]. The summed E-state index contributed by atoms with van der Waals surface area (Å²) in [6.45, 7) is 2.47. The molecule has 0 atom stereocenters. The normalized spacial score (nSPS) is 10.9. The van der Waals surface area contributed by atoms with Crippen LogP contribution in [0.5, 0.6) is 0 Å². The molecule has 0 saturated heterocycles. The van der Waals surface area contributed by atoms with Gasteiger partial charge in [-0.15, -0.1) is 0 Å². The molecule has 0 bridgehead atoms. The zero-order valence-corrected chi connectivity index (χ0v) is 16.6. The van der Waals surface area contributed by atoms with Crippen molar-refractivity contribution in [3.8, 4) is 0 Å². The fourth-order valence-electron chi connectivity index (χ4n) is 1.96. The summed E-state index contributed by atoms with van der Waals surface area (Å²) < 4.78 is 1.71. The maximum absolute atomic E-state index is 12.0. The van der Waals surface area contributed by atoms with E-state index in [1.165, 1.54) is 0 Å². The van der Waals surface area contributed by atoms with Gasteiger partial charge >= 0.3 is 126 Å². The van der Waals surface area contributed by atoms with Crippen molar-refractivity contribution in [1.82, 2.24) is 4.98 Å². The van der Waals surface area contributed by atoms with E-state index in [1.54, 1.807) is 11.8 Å². The van der Waals surface area contributed by atoms with Crippen molar-refractivity contribution < 1.29 is 33.3 Å². The van der Waals surface area contributed by atoms with Crippen LogP contribution in [0.1, 0.15) is 12.6 Å². The summed E-state index contributed by atoms with van der Waals surface area (Å²) in [5.74, 6) is 0.0109. The van der Waals surface area contributed by atoms with Crippen molar-refractivity contribution in [3.63, 3.8) is 0 Å². The molecule has 0 aliphatic rings. The quantitative estimate of drug-likeness (QED) is 0.332. The maximum atomic E-state index is 12.0. The maximum Gasteiger partial charge on any atom is -1.00 e. The van der Waals surface area contributed by atoms with Crippen LogP contribution in [-0.4, -0.2) is 51.0 Å². The molecule has 1 heterocycles. The summed E-state index contributed by atoms with van der Waals surface area (Å²) in [5.41, 5.74) is 1.97. The number of carbonyl (C=O) groups excluding carboxylic acids is 1. The number of hydrogen-bond acceptors (Lipinski definition) is 2. The van der Waals surface area contributed by atoms with Gasteiger partial charge in [-0.1, -0.05) is 0 Å². The minimum absolute atomic E-state index is 0. The Hall–Kier alpha value is -0.691. The molecule has 2 rings (SSSR count). The Morgan fingerprint density at radius 2 is 1.86 bits per heavy atom. The summed E-state index contributed by atoms with van der Waals surface area (Å²) in [7, 11) is 6.42. The molecule has 0 unspecified atom stereocenters. The van der Waals surface area contributed by atoms with Gasteiger partial charge in [0.05, 0.1) is 0 Å². The second kappa shape index (κ2) is 7.54. The van der Waals surface area contributed by atoms with Gasteiger partial charge in [-0.2, -0.15) is 0 Å². The molecule has 1 aromatic carbocycles. The van der Waals surface area contributed by atoms with Crippen LogP contribution in [0.2, 0.25) is 0 Å². The van der Waals surface area contributed by atoms with Gasteiger partial charge in [0.1, 0.15) is 0 Å². The van der Waals surface area contributed by atoms with Crippen LogP contribution in [0, 0.1) is 0 Å². The number of carbonyl (C=O) groups is 1. The van der Waals surface area contributed by atoms with Crippen molar-refractivity contribution in [1.29, 1.82) is 0 Å². The van der Waals surface area contributed by atoms with Gasteiger partial charge in [0, 0.05) is 0 Å². The Morgan fingerprint density at radius 1 is 1.24 bits per heavy atom. The summed E-state index contributed by atoms with van der Waals surface area (Å²) >= 11 is 0.117. The molecule has 0 aliphatic heterocycles. The molecule has 21 heavy (non-hydrogen) atoms. The summed E-state index contributed by atoms with van der Waals surface area (Å²) in [6.07, 6.45) is 0. The molecule has 0 spiro atoms. The van der Waals surface area contributed by atoms with Crippen LogP contribution in [0.15, 0.2) is 35.3 Å². The third-order valence-electron chi connectivity index (χ3n) is 2.70. The van der Waals surface area contributed by atoms with E-state index in [2.05, 4.69) is 31.1 Å². The van der Waals surface area contributed by atoms with E-state index in [4.69, 9.17) is 0 Å². The second-order valence-corrected chi connectivity index (χ2v) is 7.51. The second-order valence-electron chi connectivity index (χ2n) is 5.76. The van der Waals surface area contributed by atoms with Crippen LogP contribution >= 0.6 is 0 Å². The monoisotopic (exact) mass is 465 g/mol. The first-order valence-electron chi connectivity index (χ1n) is 6.47. The van der Waals surface area contributed by atoms with Gasteiger partial charge in [-0.25, -0.2) is 0 Å². The standard InChI is InChI=1S/C15H20N3OSe.HI/c1-12(19)17(14-8-6-5-7-9-14)15-16-13(11-20-15)10-18(2,3)4;/h5-9,11H,10H2,1-4H3;1H/q+1;/p-1. The fraction of sp³-hybridized carbons (Fsp3) is 0.333. The Labute approximate surface area is 149 Å². The van der Waals surface area contributed by atoms with E-state index in [0.29, 0.717) is 0 Å². The number of amides is 1. The Balaban J connectivity index is 0.00000220. The first kappa shape index (κ1) is 18.4. The average Bonchev–Trinajstić information content (AvgIpc) is 2.76. The number of aromatic nitrogens is 1. The van der Waals surface area contributed by atoms with Gasteiger partial charge in [0.25, 0.3) is 0 Å². The molecule has 0 N–H and O–H groups in total. The number of hydrogen-bond donors (Lipinski definition) is 0. The van der Waals surface area contributed by atoms with Crippen molar-refractivity contribution >= 4 is 30.8 Å². The predicted octanol–water partition coefficient (Wildman–Crippen LogP) is -0.967. The minimum atomic E-state index is 0. The number of nitrogens with zero attached hydrogens (tertiary/aromatic N) is 3. The smallest absolute Gasteiger partial charge is 1.00 e. The van der Waals surface area contributed by atoms with Crippen molar-refractivity contribution in [3.05, 3.63) is 41.0 Å². The number of anilines is 2. The first-order valence-corrected chi connectivity index (χ1v) is 8.32. The van der Waals surface area contributed by atoms with Gasteiger partial charge in [-0.05, 0) is 0 Å². The topological polar surface area (TPSA) is 33.2 Å². The molecule has 6 heteroatoms. The number of quaternary nitrogens is 1. The average molecular weight is 464 g/mol. The van der Waals surface area contributed by atoms with Crippen molar-refractivity contribution in [2.75, 3.05) is 26.0 Å². The Bertz CT molecular complexity index is 592. The van der Waals surface area contributed by atoms with E-state index in [-0.39, 0.29) is 44.4 Å². The molecule has 0 fully saturated rings. The Morgan fingerprint density at radius 3 is 2.38 bits per heavy atom. The van der Waals surface area contributed by atoms with Crippen LogP contribution in [0.4, 0.5) is 10.4 Å². The predicted molar refractivity (Wildman–Crippen MR) is 82.2 cm³/mol.